The van der Waals surface area contributed by atoms with E-state index in [1.54, 1.807) is 20.8 Å². The van der Waals surface area contributed by atoms with Crippen molar-refractivity contribution in [1.29, 1.82) is 0 Å². The van der Waals surface area contributed by atoms with E-state index in [1.807, 2.05) is 37.3 Å². The number of aliphatic hydroxyl groups excluding tert-OH is 1. The van der Waals surface area contributed by atoms with E-state index in [2.05, 4.69) is 0 Å². The smallest absolute Gasteiger partial charge is 0.151 e. The monoisotopic (exact) mass is 320 g/mol. The van der Waals surface area contributed by atoms with Gasteiger partial charge in [0, 0.05) is 11.8 Å². The molecule has 23 heavy (non-hydrogen) atoms. The van der Waals surface area contributed by atoms with Gasteiger partial charge in [0.05, 0.1) is 24.7 Å². The van der Waals surface area contributed by atoms with Crippen molar-refractivity contribution in [1.82, 2.24) is 0 Å². The summed E-state index contributed by atoms with van der Waals surface area (Å²) in [6.45, 7) is 8.97. The second kappa shape index (κ2) is 8.37. The Balaban J connectivity index is 2.53. The first kappa shape index (κ1) is 19.5. The highest BCUT2D eigenvalue weighted by atomic mass is 16.5. The Bertz CT molecular complexity index is 521. The molecule has 0 spiro atoms. The van der Waals surface area contributed by atoms with Gasteiger partial charge in [0.2, 0.25) is 0 Å². The molecule has 0 heterocycles. The Hall–Kier alpha value is -1.52. The van der Waals surface area contributed by atoms with Crippen molar-refractivity contribution in [3.63, 3.8) is 0 Å². The Morgan fingerprint density at radius 2 is 1.74 bits per heavy atom. The van der Waals surface area contributed by atoms with Crippen molar-refractivity contribution in [2.75, 3.05) is 6.61 Å². The van der Waals surface area contributed by atoms with Gasteiger partial charge in [-0.25, -0.2) is 0 Å². The molecule has 0 fully saturated rings. The zero-order valence-electron chi connectivity index (χ0n) is 14.7. The lowest BCUT2D eigenvalue weighted by atomic mass is 9.75. The van der Waals surface area contributed by atoms with Crippen LogP contribution in [0.4, 0.5) is 0 Å². The molecule has 0 saturated carbocycles. The molecule has 0 aliphatic carbocycles. The van der Waals surface area contributed by atoms with Gasteiger partial charge in [-0.15, -0.1) is 0 Å². The number of benzene rings is 1. The summed E-state index contributed by atoms with van der Waals surface area (Å²) in [4.78, 5) is 24.0. The fourth-order valence-electron chi connectivity index (χ4n) is 2.43. The van der Waals surface area contributed by atoms with Crippen LogP contribution in [0.5, 0.6) is 0 Å². The fraction of sp³-hybridized carbons (Fsp3) is 0.579. The Morgan fingerprint density at radius 3 is 2.26 bits per heavy atom. The summed E-state index contributed by atoms with van der Waals surface area (Å²) < 4.78 is 5.63. The lowest BCUT2D eigenvalue weighted by molar-refractivity contribution is -0.143. The lowest BCUT2D eigenvalue weighted by Crippen LogP contribution is -2.42. The third kappa shape index (κ3) is 5.26. The van der Waals surface area contributed by atoms with Crippen LogP contribution in [0.15, 0.2) is 30.3 Å². The van der Waals surface area contributed by atoms with Crippen LogP contribution in [0.3, 0.4) is 0 Å². The zero-order valence-corrected chi connectivity index (χ0v) is 14.7. The van der Waals surface area contributed by atoms with Gasteiger partial charge < -0.3 is 9.84 Å². The van der Waals surface area contributed by atoms with Gasteiger partial charge in [-0.05, 0) is 26.3 Å². The second-order valence-electron chi connectivity index (χ2n) is 6.80. The summed E-state index contributed by atoms with van der Waals surface area (Å²) in [5, 5.41) is 10.4. The average molecular weight is 320 g/mol. The van der Waals surface area contributed by atoms with Crippen LogP contribution in [0.2, 0.25) is 0 Å². The predicted octanol–water partition coefficient (Wildman–Crippen LogP) is 3.02. The van der Waals surface area contributed by atoms with E-state index in [0.29, 0.717) is 13.2 Å². The molecule has 0 aromatic heterocycles. The maximum Gasteiger partial charge on any atom is 0.151 e. The number of ether oxygens (including phenoxy) is 1. The number of aliphatic hydroxyl groups is 1. The maximum absolute atomic E-state index is 12.4. The van der Waals surface area contributed by atoms with Crippen LogP contribution in [-0.2, 0) is 20.9 Å². The molecular weight excluding hydrogens is 292 g/mol. The van der Waals surface area contributed by atoms with Crippen molar-refractivity contribution in [2.45, 2.75) is 47.3 Å². The highest BCUT2D eigenvalue weighted by Crippen LogP contribution is 2.26. The van der Waals surface area contributed by atoms with E-state index in [0.717, 1.165) is 5.56 Å². The van der Waals surface area contributed by atoms with E-state index in [4.69, 9.17) is 4.74 Å². The molecule has 1 N–H and O–H groups in total. The molecule has 1 aromatic rings. The van der Waals surface area contributed by atoms with Gasteiger partial charge in [0.15, 0.2) is 5.78 Å². The van der Waals surface area contributed by atoms with Gasteiger partial charge in [-0.3, -0.25) is 9.59 Å². The Labute approximate surface area is 138 Å². The number of carbonyl (C=O) groups excluding carboxylic acids is 2. The van der Waals surface area contributed by atoms with Crippen LogP contribution in [0, 0.1) is 17.3 Å². The van der Waals surface area contributed by atoms with Gasteiger partial charge in [0.1, 0.15) is 5.78 Å². The summed E-state index contributed by atoms with van der Waals surface area (Å²) in [5.41, 5.74) is 0.00129. The van der Waals surface area contributed by atoms with Crippen LogP contribution < -0.4 is 0 Å². The summed E-state index contributed by atoms with van der Waals surface area (Å²) in [6, 6.07) is 9.79. The number of hydrogen-bond acceptors (Lipinski definition) is 4. The number of Topliss-reactive ketones (excluding diaryl/α,β-unsaturated/α-hetero) is 2. The third-order valence-corrected chi connectivity index (χ3v) is 4.50. The van der Waals surface area contributed by atoms with Crippen LogP contribution in [0.25, 0.3) is 0 Å². The van der Waals surface area contributed by atoms with Gasteiger partial charge in [-0.2, -0.15) is 0 Å². The zero-order chi connectivity index (χ0) is 17.6. The van der Waals surface area contributed by atoms with E-state index in [9.17, 15) is 14.7 Å². The molecule has 128 valence electrons. The minimum Gasteiger partial charge on any atom is -0.392 e. The van der Waals surface area contributed by atoms with Crippen molar-refractivity contribution in [2.24, 2.45) is 17.3 Å². The molecule has 1 rings (SSSR count). The summed E-state index contributed by atoms with van der Waals surface area (Å²) in [6.07, 6.45) is -0.836. The standard InChI is InChI=1S/C19H28O4/c1-13(11-23-12-16-9-7-6-8-10-16)17(21)14(2)18(22)19(4,5)15(3)20/h6-10,13-14,17,21H,11-12H2,1-5H3/t13-,14+,17-/m0/s1. The molecule has 4 nitrogen and oxygen atoms in total. The minimum atomic E-state index is -1.06. The highest BCUT2D eigenvalue weighted by Gasteiger charge is 2.39. The molecule has 3 atom stereocenters. The quantitative estimate of drug-likeness (QED) is 0.710. The average Bonchev–Trinajstić information content (AvgIpc) is 2.53. The van der Waals surface area contributed by atoms with E-state index < -0.39 is 17.4 Å². The molecule has 0 saturated heterocycles. The SMILES string of the molecule is CC(=O)C(C)(C)C(=O)[C@H](C)[C@@H](O)[C@@H](C)COCc1ccccc1. The normalized spacial score (nSPS) is 15.7. The highest BCUT2D eigenvalue weighted by molar-refractivity contribution is 6.06. The first-order chi connectivity index (χ1) is 10.7. The lowest BCUT2D eigenvalue weighted by Gasteiger charge is -2.29. The summed E-state index contributed by atoms with van der Waals surface area (Å²) >= 11 is 0. The van der Waals surface area contributed by atoms with Crippen molar-refractivity contribution >= 4 is 11.6 Å². The maximum atomic E-state index is 12.4. The predicted molar refractivity (Wildman–Crippen MR) is 89.9 cm³/mol. The van der Waals surface area contributed by atoms with Crippen LogP contribution >= 0.6 is 0 Å². The van der Waals surface area contributed by atoms with E-state index in [1.165, 1.54) is 6.92 Å². The van der Waals surface area contributed by atoms with Crippen LogP contribution in [-0.4, -0.2) is 29.4 Å². The van der Waals surface area contributed by atoms with Crippen LogP contribution in [0.1, 0.15) is 40.2 Å². The summed E-state index contributed by atoms with van der Waals surface area (Å²) in [7, 11) is 0. The van der Waals surface area contributed by atoms with Gasteiger partial charge >= 0.3 is 0 Å². The molecule has 0 bridgehead atoms. The molecular formula is C19H28O4. The summed E-state index contributed by atoms with van der Waals surface area (Å²) in [5.74, 6) is -1.22. The molecule has 0 unspecified atom stereocenters. The van der Waals surface area contributed by atoms with Crippen molar-refractivity contribution in [3.05, 3.63) is 35.9 Å². The third-order valence-electron chi connectivity index (χ3n) is 4.50. The number of carbonyl (C=O) groups is 2. The van der Waals surface area contributed by atoms with Crippen molar-refractivity contribution in [3.8, 4) is 0 Å². The van der Waals surface area contributed by atoms with E-state index >= 15 is 0 Å². The van der Waals surface area contributed by atoms with Crippen molar-refractivity contribution < 1.29 is 19.4 Å². The molecule has 4 heteroatoms. The molecule has 1 aromatic carbocycles. The second-order valence-corrected chi connectivity index (χ2v) is 6.80. The topological polar surface area (TPSA) is 63.6 Å². The Kier molecular flexibility index (Phi) is 7.10. The molecule has 0 aliphatic rings. The largest absolute Gasteiger partial charge is 0.392 e. The molecule has 0 aliphatic heterocycles. The molecule has 0 radical (unpaired) electrons. The Morgan fingerprint density at radius 1 is 1.17 bits per heavy atom. The minimum absolute atomic E-state index is 0.186. The van der Waals surface area contributed by atoms with Gasteiger partial charge in [-0.1, -0.05) is 44.2 Å². The molecule has 0 amide bonds. The van der Waals surface area contributed by atoms with E-state index in [-0.39, 0.29) is 17.5 Å². The number of hydrogen-bond donors (Lipinski definition) is 1. The fourth-order valence-corrected chi connectivity index (χ4v) is 2.43. The number of ketones is 2. The first-order valence-electron chi connectivity index (χ1n) is 8.03. The first-order valence-corrected chi connectivity index (χ1v) is 8.03. The van der Waals surface area contributed by atoms with Gasteiger partial charge in [0.25, 0.3) is 0 Å². The number of rotatable bonds is 9.